The van der Waals surface area contributed by atoms with Crippen LogP contribution in [0.5, 0.6) is 0 Å². The molecule has 1 saturated heterocycles. The fraction of sp³-hybridized carbons (Fsp3) is 0.647. The maximum Gasteiger partial charge on any atom is 0.490 e. The highest BCUT2D eigenvalue weighted by molar-refractivity contribution is 5.76. The lowest BCUT2D eigenvalue weighted by molar-refractivity contribution is -0.192. The van der Waals surface area contributed by atoms with Gasteiger partial charge in [0.1, 0.15) is 24.2 Å². The van der Waals surface area contributed by atoms with Crippen LogP contribution in [0.15, 0.2) is 22.2 Å². The van der Waals surface area contributed by atoms with Gasteiger partial charge in [-0.05, 0) is 17.5 Å². The van der Waals surface area contributed by atoms with Crippen molar-refractivity contribution in [3.05, 3.63) is 33.2 Å². The highest BCUT2D eigenvalue weighted by Gasteiger charge is 2.56. The summed E-state index contributed by atoms with van der Waals surface area (Å²) < 4.78 is 44.0. The molecule has 2 rings (SSSR count). The van der Waals surface area contributed by atoms with Crippen molar-refractivity contribution in [1.82, 2.24) is 9.55 Å². The number of aliphatic hydroxyl groups excluding tert-OH is 1. The van der Waals surface area contributed by atoms with E-state index in [2.05, 4.69) is 15.0 Å². The van der Waals surface area contributed by atoms with Crippen molar-refractivity contribution in [2.24, 2.45) is 22.7 Å². The quantitative estimate of drug-likeness (QED) is 0.185. The van der Waals surface area contributed by atoms with Gasteiger partial charge in [-0.15, -0.1) is 0 Å². The van der Waals surface area contributed by atoms with E-state index in [1.807, 2.05) is 0 Å². The predicted molar refractivity (Wildman–Crippen MR) is 108 cm³/mol. The van der Waals surface area contributed by atoms with E-state index < -0.39 is 60.4 Å². The molecular weight excluding hydrogens is 471 g/mol. The maximum absolute atomic E-state index is 12.3. The molecular formula is C17H24F3N7O7. The van der Waals surface area contributed by atoms with E-state index in [1.54, 1.807) is 20.8 Å². The number of carbonyl (C=O) groups excluding carboxylic acids is 1. The van der Waals surface area contributed by atoms with Gasteiger partial charge in [0.15, 0.2) is 0 Å². The molecule has 2 heterocycles. The Balaban J connectivity index is 0.000000718. The van der Waals surface area contributed by atoms with Gasteiger partial charge in [-0.3, -0.25) is 9.36 Å². The number of hydrogen-bond acceptors (Lipinski definition) is 10. The molecule has 0 amide bonds. The standard InChI is InChI=1S/C15H23N7O5.C2HF3O2/c1-7(2)10(17)13(24)26-11-8(3)12(27-15(11,6-23)20-21-18)22-5-4-9(16)19-14(22)25;3-2(4,5)1(6)7/h4-5,7-8,10-12,23H,6,17H2,1-3H3,(H2,16,19,25);(H,6,7)/t8-,10+,11+,12-,15-;/m1./s1. The number of ether oxygens (including phenoxy) is 2. The number of hydrogen-bond donors (Lipinski definition) is 4. The van der Waals surface area contributed by atoms with Gasteiger partial charge in [0.05, 0.1) is 6.61 Å². The van der Waals surface area contributed by atoms with Crippen LogP contribution in [0.3, 0.4) is 0 Å². The third-order valence-electron chi connectivity index (χ3n) is 4.74. The molecule has 0 aliphatic carbocycles. The van der Waals surface area contributed by atoms with Crippen LogP contribution in [0.25, 0.3) is 10.4 Å². The number of nitrogen functional groups attached to an aromatic ring is 1. The predicted octanol–water partition coefficient (Wildman–Crippen LogP) is 0.518. The number of carbonyl (C=O) groups is 2. The zero-order chi connectivity index (χ0) is 26.4. The molecule has 34 heavy (non-hydrogen) atoms. The van der Waals surface area contributed by atoms with Gasteiger partial charge in [0, 0.05) is 17.0 Å². The number of esters is 1. The molecule has 190 valence electrons. The zero-order valence-electron chi connectivity index (χ0n) is 18.2. The number of carboxylic acid groups (broad SMARTS) is 1. The fourth-order valence-electron chi connectivity index (χ4n) is 2.86. The van der Waals surface area contributed by atoms with Crippen molar-refractivity contribution in [3.63, 3.8) is 0 Å². The highest BCUT2D eigenvalue weighted by atomic mass is 19.4. The lowest BCUT2D eigenvalue weighted by atomic mass is 9.97. The van der Waals surface area contributed by atoms with Crippen molar-refractivity contribution in [1.29, 1.82) is 0 Å². The summed E-state index contributed by atoms with van der Waals surface area (Å²) in [4.78, 5) is 39.7. The number of alkyl halides is 3. The number of halogens is 3. The molecule has 0 unspecified atom stereocenters. The molecule has 0 aromatic carbocycles. The minimum Gasteiger partial charge on any atom is -0.475 e. The maximum atomic E-state index is 12.3. The van der Waals surface area contributed by atoms with Crippen LogP contribution < -0.4 is 17.2 Å². The van der Waals surface area contributed by atoms with Crippen LogP contribution in [0, 0.1) is 11.8 Å². The normalized spacial score (nSPS) is 25.0. The number of aliphatic hydroxyl groups is 1. The Hall–Kier alpha value is -3.40. The summed E-state index contributed by atoms with van der Waals surface area (Å²) in [5.41, 5.74) is 17.6. The molecule has 1 fully saturated rings. The molecule has 6 N–H and O–H groups in total. The third-order valence-corrected chi connectivity index (χ3v) is 4.74. The summed E-state index contributed by atoms with van der Waals surface area (Å²) in [6.07, 6.45) is -5.92. The van der Waals surface area contributed by atoms with Crippen molar-refractivity contribution in [2.75, 3.05) is 12.3 Å². The van der Waals surface area contributed by atoms with Crippen molar-refractivity contribution in [3.8, 4) is 0 Å². The van der Waals surface area contributed by atoms with E-state index in [9.17, 15) is 27.9 Å². The van der Waals surface area contributed by atoms with E-state index in [1.165, 1.54) is 12.3 Å². The molecule has 0 radical (unpaired) electrons. The van der Waals surface area contributed by atoms with Gasteiger partial charge in [0.25, 0.3) is 0 Å². The molecule has 0 spiro atoms. The summed E-state index contributed by atoms with van der Waals surface area (Å²) >= 11 is 0. The van der Waals surface area contributed by atoms with Gasteiger partial charge in [-0.25, -0.2) is 9.59 Å². The first-order valence-corrected chi connectivity index (χ1v) is 9.57. The minimum atomic E-state index is -5.08. The summed E-state index contributed by atoms with van der Waals surface area (Å²) in [5.74, 6) is -4.34. The van der Waals surface area contributed by atoms with E-state index >= 15 is 0 Å². The molecule has 5 atom stereocenters. The lowest BCUT2D eigenvalue weighted by Crippen LogP contribution is -2.48. The average Bonchev–Trinajstić information content (AvgIpc) is 2.99. The van der Waals surface area contributed by atoms with E-state index in [-0.39, 0.29) is 11.7 Å². The molecule has 0 bridgehead atoms. The summed E-state index contributed by atoms with van der Waals surface area (Å²) in [5, 5.41) is 20.5. The first kappa shape index (κ1) is 28.6. The van der Waals surface area contributed by atoms with Crippen LogP contribution >= 0.6 is 0 Å². The molecule has 17 heteroatoms. The van der Waals surface area contributed by atoms with Crippen molar-refractivity contribution < 1.29 is 42.4 Å². The van der Waals surface area contributed by atoms with Gasteiger partial charge >= 0.3 is 23.8 Å². The van der Waals surface area contributed by atoms with Crippen LogP contribution in [0.2, 0.25) is 0 Å². The second-order valence-electron chi connectivity index (χ2n) is 7.53. The number of aliphatic carboxylic acids is 1. The van der Waals surface area contributed by atoms with E-state index in [4.69, 9.17) is 36.4 Å². The number of azide groups is 1. The molecule has 0 saturated carbocycles. The topological polar surface area (TPSA) is 229 Å². The van der Waals surface area contributed by atoms with Gasteiger partial charge in [-0.1, -0.05) is 25.9 Å². The van der Waals surface area contributed by atoms with Crippen LogP contribution in [-0.4, -0.2) is 62.4 Å². The average molecular weight is 495 g/mol. The number of rotatable bonds is 6. The smallest absolute Gasteiger partial charge is 0.475 e. The Bertz CT molecular complexity index is 996. The first-order chi connectivity index (χ1) is 15.6. The second kappa shape index (κ2) is 11.1. The Kier molecular flexibility index (Phi) is 9.39. The lowest BCUT2D eigenvalue weighted by Gasteiger charge is -2.29. The number of anilines is 1. The Morgan fingerprint density at radius 3 is 2.44 bits per heavy atom. The van der Waals surface area contributed by atoms with Crippen LogP contribution in [-0.2, 0) is 19.1 Å². The SMILES string of the molecule is CC(C)[C@H](N)C(=O)O[C@H]1[C@@H](C)[C@H](n2ccc(N)nc2=O)O[C@@]1(CO)N=[N+]=[N-].O=C(O)C(F)(F)F. The minimum absolute atomic E-state index is 0.0243. The first-order valence-electron chi connectivity index (χ1n) is 9.57. The number of nitrogens with two attached hydrogens (primary N) is 2. The summed E-state index contributed by atoms with van der Waals surface area (Å²) in [6.45, 7) is 4.34. The molecule has 1 aromatic heterocycles. The van der Waals surface area contributed by atoms with Gasteiger partial charge in [0.2, 0.25) is 5.72 Å². The summed E-state index contributed by atoms with van der Waals surface area (Å²) in [7, 11) is 0. The number of nitrogens with zero attached hydrogens (tertiary/aromatic N) is 5. The Morgan fingerprint density at radius 1 is 1.47 bits per heavy atom. The molecule has 1 aliphatic heterocycles. The molecule has 14 nitrogen and oxygen atoms in total. The second-order valence-corrected chi connectivity index (χ2v) is 7.53. The Morgan fingerprint density at radius 2 is 2.03 bits per heavy atom. The number of carboxylic acids is 1. The molecule has 1 aromatic rings. The monoisotopic (exact) mass is 495 g/mol. The highest BCUT2D eigenvalue weighted by Crippen LogP contribution is 2.43. The zero-order valence-corrected chi connectivity index (χ0v) is 18.2. The Labute approximate surface area is 189 Å². The van der Waals surface area contributed by atoms with E-state index in [0.717, 1.165) is 4.57 Å². The van der Waals surface area contributed by atoms with Crippen LogP contribution in [0.4, 0.5) is 19.0 Å². The van der Waals surface area contributed by atoms with Gasteiger partial charge < -0.3 is 31.2 Å². The van der Waals surface area contributed by atoms with Crippen LogP contribution in [0.1, 0.15) is 27.0 Å². The third kappa shape index (κ3) is 6.57. The number of aromatic nitrogens is 2. The largest absolute Gasteiger partial charge is 0.490 e. The van der Waals surface area contributed by atoms with Crippen molar-refractivity contribution >= 4 is 17.8 Å². The fourth-order valence-corrected chi connectivity index (χ4v) is 2.86. The van der Waals surface area contributed by atoms with E-state index in [0.29, 0.717) is 0 Å². The summed E-state index contributed by atoms with van der Waals surface area (Å²) in [6, 6.07) is 0.472. The van der Waals surface area contributed by atoms with Crippen molar-refractivity contribution in [2.45, 2.75) is 51.0 Å². The van der Waals surface area contributed by atoms with Gasteiger partial charge in [-0.2, -0.15) is 18.2 Å². The molecule has 1 aliphatic rings.